The molecule has 0 spiro atoms. The SMILES string of the molecule is CCc1c(-c2cccc3c2ccn3C)n(S(=O)(=O)c2ccc(C)cc2)c2ncc3cnn(C)c3c12. The van der Waals surface area contributed by atoms with Crippen LogP contribution >= 0.6 is 0 Å². The summed E-state index contributed by atoms with van der Waals surface area (Å²) in [6, 6.07) is 15.0. The second kappa shape index (κ2) is 7.55. The van der Waals surface area contributed by atoms with E-state index in [9.17, 15) is 8.42 Å². The fourth-order valence-corrected chi connectivity index (χ4v) is 6.62. The first-order valence-corrected chi connectivity index (χ1v) is 13.0. The molecule has 2 aromatic carbocycles. The van der Waals surface area contributed by atoms with E-state index in [1.165, 1.54) is 3.97 Å². The summed E-state index contributed by atoms with van der Waals surface area (Å²) in [5.74, 6) is 0. The highest BCUT2D eigenvalue weighted by molar-refractivity contribution is 7.90. The number of hydrogen-bond donors (Lipinski definition) is 0. The van der Waals surface area contributed by atoms with Gasteiger partial charge < -0.3 is 4.57 Å². The third-order valence-corrected chi connectivity index (χ3v) is 8.54. The van der Waals surface area contributed by atoms with Gasteiger partial charge in [0.25, 0.3) is 10.0 Å². The fourth-order valence-electron chi connectivity index (χ4n) is 5.11. The lowest BCUT2D eigenvalue weighted by atomic mass is 10.0. The topological polar surface area (TPSA) is 74.7 Å². The molecule has 0 bridgehead atoms. The molecule has 8 heteroatoms. The standard InChI is InChI=1S/C27H25N5O2S/c1-5-20-24-25-18(16-29-31(25)4)15-28-27(24)32(35(33,34)19-11-9-17(2)10-12-19)26(20)22-7-6-8-23-21(22)13-14-30(23)3/h6-16H,5H2,1-4H3. The second-order valence-corrected chi connectivity index (χ2v) is 10.7. The van der Waals surface area contributed by atoms with Crippen molar-refractivity contribution in [2.75, 3.05) is 0 Å². The van der Waals surface area contributed by atoms with E-state index in [1.807, 2.05) is 68.2 Å². The molecule has 0 aliphatic carbocycles. The summed E-state index contributed by atoms with van der Waals surface area (Å²) in [5.41, 5.74) is 5.79. The maximum atomic E-state index is 14.3. The van der Waals surface area contributed by atoms with Crippen molar-refractivity contribution in [3.05, 3.63) is 78.2 Å². The monoisotopic (exact) mass is 483 g/mol. The lowest BCUT2D eigenvalue weighted by molar-refractivity contribution is 0.589. The van der Waals surface area contributed by atoms with Crippen molar-refractivity contribution >= 4 is 42.9 Å². The Balaban J connectivity index is 1.84. The number of nitrogens with zero attached hydrogens (tertiary/aromatic N) is 5. The Labute approximate surface area is 203 Å². The average Bonchev–Trinajstić information content (AvgIpc) is 3.52. The van der Waals surface area contributed by atoms with Crippen molar-refractivity contribution in [1.29, 1.82) is 0 Å². The van der Waals surface area contributed by atoms with Crippen LogP contribution in [0.5, 0.6) is 0 Å². The highest BCUT2D eigenvalue weighted by Crippen LogP contribution is 2.41. The van der Waals surface area contributed by atoms with Crippen molar-refractivity contribution in [3.63, 3.8) is 0 Å². The zero-order valence-corrected chi connectivity index (χ0v) is 20.8. The smallest absolute Gasteiger partial charge is 0.269 e. The van der Waals surface area contributed by atoms with E-state index in [4.69, 9.17) is 4.98 Å². The van der Waals surface area contributed by atoms with Crippen molar-refractivity contribution in [1.82, 2.24) is 23.3 Å². The van der Waals surface area contributed by atoms with Gasteiger partial charge in [-0.25, -0.2) is 17.4 Å². The van der Waals surface area contributed by atoms with Gasteiger partial charge in [-0.05, 0) is 43.2 Å². The molecule has 4 heterocycles. The number of fused-ring (bicyclic) bond motifs is 4. The summed E-state index contributed by atoms with van der Waals surface area (Å²) >= 11 is 0. The maximum absolute atomic E-state index is 14.3. The lowest BCUT2D eigenvalue weighted by Gasteiger charge is -2.14. The van der Waals surface area contributed by atoms with Gasteiger partial charge in [-0.2, -0.15) is 5.10 Å². The molecular weight excluding hydrogens is 458 g/mol. The van der Waals surface area contributed by atoms with Gasteiger partial charge in [0.15, 0.2) is 5.65 Å². The number of aromatic nitrogens is 5. The summed E-state index contributed by atoms with van der Waals surface area (Å²) < 4.78 is 33.8. The Morgan fingerprint density at radius 2 is 1.74 bits per heavy atom. The van der Waals surface area contributed by atoms with Crippen LogP contribution in [0, 0.1) is 6.92 Å². The zero-order chi connectivity index (χ0) is 24.5. The van der Waals surface area contributed by atoms with Gasteiger partial charge in [0.2, 0.25) is 0 Å². The van der Waals surface area contributed by atoms with Crippen LogP contribution in [0.25, 0.3) is 44.1 Å². The van der Waals surface area contributed by atoms with E-state index < -0.39 is 10.0 Å². The Bertz CT molecular complexity index is 1870. The molecule has 6 rings (SSSR count). The Morgan fingerprint density at radius 3 is 2.49 bits per heavy atom. The van der Waals surface area contributed by atoms with E-state index in [0.29, 0.717) is 17.8 Å². The van der Waals surface area contributed by atoms with Gasteiger partial charge in [0.05, 0.1) is 22.3 Å². The molecule has 0 fully saturated rings. The van der Waals surface area contributed by atoms with Gasteiger partial charge in [-0.3, -0.25) is 4.68 Å². The van der Waals surface area contributed by atoms with Crippen LogP contribution in [0.15, 0.2) is 72.0 Å². The Morgan fingerprint density at radius 1 is 0.971 bits per heavy atom. The first kappa shape index (κ1) is 21.6. The van der Waals surface area contributed by atoms with Crippen LogP contribution in [0.2, 0.25) is 0 Å². The highest BCUT2D eigenvalue weighted by atomic mass is 32.2. The third kappa shape index (κ3) is 2.99. The van der Waals surface area contributed by atoms with Gasteiger partial charge in [-0.1, -0.05) is 36.8 Å². The van der Waals surface area contributed by atoms with E-state index in [1.54, 1.807) is 29.2 Å². The molecule has 7 nitrogen and oxygen atoms in total. The molecule has 0 saturated carbocycles. The van der Waals surface area contributed by atoms with Crippen molar-refractivity contribution in [3.8, 4) is 11.3 Å². The van der Waals surface area contributed by atoms with Gasteiger partial charge in [-0.15, -0.1) is 0 Å². The summed E-state index contributed by atoms with van der Waals surface area (Å²) in [4.78, 5) is 4.93. The number of pyridine rings is 1. The molecule has 35 heavy (non-hydrogen) atoms. The van der Waals surface area contributed by atoms with Crippen molar-refractivity contribution in [2.24, 2.45) is 14.1 Å². The largest absolute Gasteiger partial charge is 0.351 e. The van der Waals surface area contributed by atoms with E-state index in [2.05, 4.69) is 12.0 Å². The minimum atomic E-state index is -3.96. The molecule has 0 radical (unpaired) electrons. The van der Waals surface area contributed by atoms with Crippen LogP contribution in [-0.4, -0.2) is 31.7 Å². The van der Waals surface area contributed by atoms with E-state index in [-0.39, 0.29) is 4.90 Å². The zero-order valence-electron chi connectivity index (χ0n) is 20.0. The second-order valence-electron chi connectivity index (χ2n) is 8.96. The van der Waals surface area contributed by atoms with E-state index >= 15 is 0 Å². The molecule has 0 aliphatic rings. The van der Waals surface area contributed by atoms with Gasteiger partial charge in [0, 0.05) is 53.7 Å². The predicted octanol–water partition coefficient (Wildman–Crippen LogP) is 5.19. The molecule has 0 saturated heterocycles. The first-order valence-electron chi connectivity index (χ1n) is 11.5. The summed E-state index contributed by atoms with van der Waals surface area (Å²) in [7, 11) is -0.0873. The lowest BCUT2D eigenvalue weighted by Crippen LogP contribution is -2.15. The maximum Gasteiger partial charge on any atom is 0.269 e. The molecule has 0 atom stereocenters. The minimum absolute atomic E-state index is 0.232. The molecule has 0 amide bonds. The van der Waals surface area contributed by atoms with Crippen molar-refractivity contribution in [2.45, 2.75) is 25.2 Å². The quantitative estimate of drug-likeness (QED) is 0.346. The molecule has 0 aliphatic heterocycles. The molecular formula is C27H25N5O2S. The molecule has 0 N–H and O–H groups in total. The summed E-state index contributed by atoms with van der Waals surface area (Å²) in [6.45, 7) is 4.00. The highest BCUT2D eigenvalue weighted by Gasteiger charge is 2.30. The summed E-state index contributed by atoms with van der Waals surface area (Å²) in [6.07, 6.45) is 6.11. The van der Waals surface area contributed by atoms with Crippen LogP contribution in [0.1, 0.15) is 18.1 Å². The van der Waals surface area contributed by atoms with Crippen molar-refractivity contribution < 1.29 is 8.42 Å². The van der Waals surface area contributed by atoms with Gasteiger partial charge >= 0.3 is 0 Å². The molecule has 176 valence electrons. The number of rotatable bonds is 4. The molecule has 0 unspecified atom stereocenters. The number of hydrogen-bond acceptors (Lipinski definition) is 4. The Kier molecular flexibility index (Phi) is 4.66. The normalized spacial score (nSPS) is 12.3. The Hall–Kier alpha value is -3.91. The minimum Gasteiger partial charge on any atom is -0.351 e. The predicted molar refractivity (Wildman–Crippen MR) is 139 cm³/mol. The molecule has 6 aromatic rings. The third-order valence-electron chi connectivity index (χ3n) is 6.83. The van der Waals surface area contributed by atoms with Crippen LogP contribution < -0.4 is 0 Å². The van der Waals surface area contributed by atoms with E-state index in [0.717, 1.165) is 43.9 Å². The number of aryl methyl sites for hydroxylation is 4. The van der Waals surface area contributed by atoms with Crippen LogP contribution in [-0.2, 0) is 30.5 Å². The average molecular weight is 484 g/mol. The van der Waals surface area contributed by atoms with Gasteiger partial charge in [0.1, 0.15) is 0 Å². The van der Waals surface area contributed by atoms with Crippen LogP contribution in [0.3, 0.4) is 0 Å². The number of benzene rings is 2. The van der Waals surface area contributed by atoms with Crippen LogP contribution in [0.4, 0.5) is 0 Å². The fraction of sp³-hybridized carbons (Fsp3) is 0.185. The first-order chi connectivity index (χ1) is 16.8. The summed E-state index contributed by atoms with van der Waals surface area (Å²) in [5, 5.41) is 7.13. The molecule has 4 aromatic heterocycles.